The third-order valence-electron chi connectivity index (χ3n) is 5.55. The number of benzene rings is 1. The molecule has 0 spiro atoms. The number of carbonyl (C=O) groups excluding carboxylic acids is 1. The molecule has 1 aliphatic heterocycles. The van der Waals surface area contributed by atoms with Gasteiger partial charge in [-0.3, -0.25) is 9.55 Å². The molecule has 0 bridgehead atoms. The summed E-state index contributed by atoms with van der Waals surface area (Å²) in [6, 6.07) is 11.5. The fraction of sp³-hybridized carbons (Fsp3) is 0.375. The van der Waals surface area contributed by atoms with Gasteiger partial charge in [-0.1, -0.05) is 44.7 Å². The summed E-state index contributed by atoms with van der Waals surface area (Å²) in [4.78, 5) is 22.1. The first-order valence-corrected chi connectivity index (χ1v) is 10.7. The molecule has 3 aromatic rings. The molecule has 0 amide bonds. The van der Waals surface area contributed by atoms with Gasteiger partial charge in [0.1, 0.15) is 0 Å². The van der Waals surface area contributed by atoms with E-state index in [0.717, 1.165) is 41.1 Å². The van der Waals surface area contributed by atoms with Crippen molar-refractivity contribution in [2.75, 3.05) is 11.9 Å². The van der Waals surface area contributed by atoms with Crippen LogP contribution >= 0.6 is 0 Å². The van der Waals surface area contributed by atoms with Crippen LogP contribution in [0.5, 0.6) is 0 Å². The van der Waals surface area contributed by atoms with Crippen LogP contribution in [0.4, 0.5) is 5.95 Å². The Balaban J connectivity index is 1.66. The van der Waals surface area contributed by atoms with Gasteiger partial charge in [0.2, 0.25) is 5.95 Å². The third-order valence-corrected chi connectivity index (χ3v) is 5.55. The minimum Gasteiger partial charge on any atom is -0.462 e. The summed E-state index contributed by atoms with van der Waals surface area (Å²) < 4.78 is 7.78. The van der Waals surface area contributed by atoms with Crippen molar-refractivity contribution < 1.29 is 9.53 Å². The number of nitrogens with one attached hydrogen (secondary N) is 1. The molecule has 0 saturated carbocycles. The lowest BCUT2D eigenvalue weighted by molar-refractivity contribution is -0.139. The second kappa shape index (κ2) is 9.11. The number of aromatic nitrogens is 3. The maximum atomic E-state index is 13.2. The number of rotatable bonds is 8. The minimum absolute atomic E-state index is 0.277. The van der Waals surface area contributed by atoms with Gasteiger partial charge in [0.15, 0.2) is 0 Å². The Labute approximate surface area is 177 Å². The van der Waals surface area contributed by atoms with Crippen molar-refractivity contribution in [1.29, 1.82) is 0 Å². The molecule has 0 aliphatic carbocycles. The summed E-state index contributed by atoms with van der Waals surface area (Å²) in [7, 11) is 0. The second-order valence-corrected chi connectivity index (χ2v) is 7.69. The Bertz CT molecular complexity index is 1060. The molecule has 1 atom stereocenters. The second-order valence-electron chi connectivity index (χ2n) is 7.69. The van der Waals surface area contributed by atoms with Crippen LogP contribution in [-0.4, -0.2) is 27.1 Å². The molecule has 6 heteroatoms. The molecule has 156 valence electrons. The van der Waals surface area contributed by atoms with Crippen molar-refractivity contribution in [3.05, 3.63) is 65.6 Å². The maximum Gasteiger partial charge on any atom is 0.338 e. The van der Waals surface area contributed by atoms with Gasteiger partial charge in [-0.2, -0.15) is 0 Å². The number of fused-ring (bicyclic) bond motifs is 3. The molecule has 1 aliphatic rings. The van der Waals surface area contributed by atoms with E-state index in [4.69, 9.17) is 9.72 Å². The number of hydrogen-bond donors (Lipinski definition) is 1. The lowest BCUT2D eigenvalue weighted by atomic mass is 9.96. The van der Waals surface area contributed by atoms with Crippen LogP contribution in [0.15, 0.2) is 60.1 Å². The van der Waals surface area contributed by atoms with Gasteiger partial charge in [-0.15, -0.1) is 0 Å². The molecular formula is C24H28N4O2. The van der Waals surface area contributed by atoms with E-state index >= 15 is 0 Å². The minimum atomic E-state index is -0.316. The number of pyridine rings is 1. The highest BCUT2D eigenvalue weighted by Crippen LogP contribution is 2.39. The van der Waals surface area contributed by atoms with Gasteiger partial charge in [0.05, 0.1) is 29.3 Å². The van der Waals surface area contributed by atoms with Gasteiger partial charge in [0.25, 0.3) is 0 Å². The van der Waals surface area contributed by atoms with E-state index < -0.39 is 0 Å². The summed E-state index contributed by atoms with van der Waals surface area (Å²) >= 11 is 0. The van der Waals surface area contributed by atoms with Gasteiger partial charge >= 0.3 is 5.97 Å². The first-order valence-electron chi connectivity index (χ1n) is 10.7. The van der Waals surface area contributed by atoms with E-state index in [1.165, 1.54) is 19.3 Å². The van der Waals surface area contributed by atoms with Gasteiger partial charge in [0, 0.05) is 18.1 Å². The van der Waals surface area contributed by atoms with Gasteiger partial charge in [-0.25, -0.2) is 9.78 Å². The molecule has 4 rings (SSSR count). The van der Waals surface area contributed by atoms with Crippen LogP contribution in [0.1, 0.15) is 57.6 Å². The third kappa shape index (κ3) is 3.95. The van der Waals surface area contributed by atoms with Crippen molar-refractivity contribution in [2.24, 2.45) is 0 Å². The number of esters is 1. The number of para-hydroxylation sites is 2. The van der Waals surface area contributed by atoms with Crippen molar-refractivity contribution >= 4 is 23.0 Å². The zero-order valence-electron chi connectivity index (χ0n) is 17.6. The predicted octanol–water partition coefficient (Wildman–Crippen LogP) is 5.23. The monoisotopic (exact) mass is 404 g/mol. The first kappa shape index (κ1) is 20.1. The van der Waals surface area contributed by atoms with Crippen molar-refractivity contribution in [1.82, 2.24) is 14.5 Å². The largest absolute Gasteiger partial charge is 0.462 e. The molecule has 0 radical (unpaired) electrons. The molecule has 0 saturated heterocycles. The number of unbranched alkanes of at least 4 members (excludes halogenated alkanes) is 4. The summed E-state index contributed by atoms with van der Waals surface area (Å²) in [6.07, 6.45) is 9.09. The Hall–Kier alpha value is -3.15. The molecule has 0 fully saturated rings. The van der Waals surface area contributed by atoms with Crippen LogP contribution in [-0.2, 0) is 9.53 Å². The van der Waals surface area contributed by atoms with Gasteiger partial charge in [-0.05, 0) is 43.2 Å². The Morgan fingerprint density at radius 1 is 1.10 bits per heavy atom. The SMILES string of the molecule is CCCCCCCOC(=O)C1=C(C)Nc2nc3ccccc3n2C1c1ccncc1. The summed E-state index contributed by atoms with van der Waals surface area (Å²) in [5.74, 6) is 0.451. The summed E-state index contributed by atoms with van der Waals surface area (Å²) in [5.41, 5.74) is 4.22. The average molecular weight is 405 g/mol. The summed E-state index contributed by atoms with van der Waals surface area (Å²) in [5, 5.41) is 3.31. The molecule has 1 aromatic carbocycles. The molecule has 1 unspecified atom stereocenters. The lowest BCUT2D eigenvalue weighted by Crippen LogP contribution is -2.29. The zero-order chi connectivity index (χ0) is 20.9. The molecule has 3 heterocycles. The number of imidazole rings is 1. The summed E-state index contributed by atoms with van der Waals surface area (Å²) in [6.45, 7) is 4.55. The average Bonchev–Trinajstić information content (AvgIpc) is 3.13. The van der Waals surface area contributed by atoms with Crippen molar-refractivity contribution in [3.63, 3.8) is 0 Å². The van der Waals surface area contributed by atoms with Crippen LogP contribution < -0.4 is 5.32 Å². The van der Waals surface area contributed by atoms with E-state index in [2.05, 4.69) is 21.8 Å². The van der Waals surface area contributed by atoms with E-state index in [0.29, 0.717) is 12.2 Å². The van der Waals surface area contributed by atoms with Crippen LogP contribution in [0.3, 0.4) is 0 Å². The number of nitrogens with zero attached hydrogens (tertiary/aromatic N) is 3. The molecule has 2 aromatic heterocycles. The number of ether oxygens (including phenoxy) is 1. The lowest BCUT2D eigenvalue weighted by Gasteiger charge is -2.30. The highest BCUT2D eigenvalue weighted by Gasteiger charge is 2.34. The molecule has 6 nitrogen and oxygen atoms in total. The quantitative estimate of drug-likeness (QED) is 0.411. The smallest absolute Gasteiger partial charge is 0.338 e. The Morgan fingerprint density at radius 3 is 2.67 bits per heavy atom. The van der Waals surface area contributed by atoms with Crippen LogP contribution in [0.2, 0.25) is 0 Å². The molecule has 1 N–H and O–H groups in total. The Morgan fingerprint density at radius 2 is 1.87 bits per heavy atom. The number of allylic oxidation sites excluding steroid dienone is 1. The first-order chi connectivity index (χ1) is 14.7. The predicted molar refractivity (Wildman–Crippen MR) is 118 cm³/mol. The van der Waals surface area contributed by atoms with Crippen molar-refractivity contribution in [3.8, 4) is 0 Å². The fourth-order valence-corrected chi connectivity index (χ4v) is 4.04. The highest BCUT2D eigenvalue weighted by atomic mass is 16.5. The van der Waals surface area contributed by atoms with E-state index in [1.807, 2.05) is 43.3 Å². The van der Waals surface area contributed by atoms with Gasteiger partial charge < -0.3 is 10.1 Å². The van der Waals surface area contributed by atoms with E-state index in [-0.39, 0.29) is 12.0 Å². The van der Waals surface area contributed by atoms with E-state index in [1.54, 1.807) is 12.4 Å². The zero-order valence-corrected chi connectivity index (χ0v) is 17.6. The Kier molecular flexibility index (Phi) is 6.12. The highest BCUT2D eigenvalue weighted by molar-refractivity contribution is 5.94. The molecular weight excluding hydrogens is 376 g/mol. The fourth-order valence-electron chi connectivity index (χ4n) is 4.04. The molecule has 30 heavy (non-hydrogen) atoms. The number of carbonyl (C=O) groups is 1. The maximum absolute atomic E-state index is 13.2. The van der Waals surface area contributed by atoms with Crippen molar-refractivity contribution in [2.45, 2.75) is 52.0 Å². The standard InChI is InChI=1S/C24H28N4O2/c1-3-4-5-6-9-16-30-23(29)21-17(2)26-24-27-19-10-7-8-11-20(19)28(24)22(21)18-12-14-25-15-13-18/h7-8,10-15,22H,3-6,9,16H2,1-2H3,(H,26,27). The number of anilines is 1. The normalized spacial score (nSPS) is 15.7. The topological polar surface area (TPSA) is 69.0 Å². The van der Waals surface area contributed by atoms with Crippen LogP contribution in [0, 0.1) is 0 Å². The van der Waals surface area contributed by atoms with Crippen LogP contribution in [0.25, 0.3) is 11.0 Å². The van der Waals surface area contributed by atoms with E-state index in [9.17, 15) is 4.79 Å². The number of hydrogen-bond acceptors (Lipinski definition) is 5.